The zero-order valence-electron chi connectivity index (χ0n) is 13.5. The van der Waals surface area contributed by atoms with Crippen LogP contribution in [0.15, 0.2) is 24.3 Å². The second-order valence-corrected chi connectivity index (χ2v) is 9.13. The number of amides is 2. The molecule has 1 aromatic rings. The predicted molar refractivity (Wildman–Crippen MR) is 87.8 cm³/mol. The van der Waals surface area contributed by atoms with Gasteiger partial charge in [-0.05, 0) is 39.8 Å². The van der Waals surface area contributed by atoms with Crippen LogP contribution < -0.4 is 0 Å². The first-order valence-corrected chi connectivity index (χ1v) is 7.89. The molecule has 3 nitrogen and oxygen atoms in total. The third-order valence-electron chi connectivity index (χ3n) is 5.37. The molecule has 1 aliphatic heterocycles. The number of carbonyl (C=O) groups is 2. The molecular formula is C17H22BrNO2. The first kappa shape index (κ1) is 16.2. The average Bonchev–Trinajstić information content (AvgIpc) is 2.61. The van der Waals surface area contributed by atoms with E-state index < -0.39 is 5.54 Å². The Morgan fingerprint density at radius 1 is 0.857 bits per heavy atom. The Bertz CT molecular complexity index is 576. The fourth-order valence-electron chi connectivity index (χ4n) is 2.70. The van der Waals surface area contributed by atoms with Crippen LogP contribution in [-0.4, -0.2) is 26.6 Å². The summed E-state index contributed by atoms with van der Waals surface area (Å²) in [6, 6.07) is 7.02. The van der Waals surface area contributed by atoms with Crippen molar-refractivity contribution in [2.75, 3.05) is 0 Å². The van der Waals surface area contributed by atoms with Gasteiger partial charge in [-0.15, -0.1) is 0 Å². The van der Waals surface area contributed by atoms with Gasteiger partial charge in [0.25, 0.3) is 11.8 Å². The van der Waals surface area contributed by atoms with Crippen molar-refractivity contribution in [1.82, 2.24) is 4.90 Å². The van der Waals surface area contributed by atoms with E-state index in [2.05, 4.69) is 43.6 Å². The molecule has 0 spiro atoms. The second kappa shape index (κ2) is 4.67. The van der Waals surface area contributed by atoms with Gasteiger partial charge in [-0.3, -0.25) is 14.5 Å². The number of benzene rings is 1. The van der Waals surface area contributed by atoms with Crippen molar-refractivity contribution < 1.29 is 9.59 Å². The summed E-state index contributed by atoms with van der Waals surface area (Å²) in [4.78, 5) is 26.9. The van der Waals surface area contributed by atoms with Gasteiger partial charge in [-0.1, -0.05) is 41.9 Å². The van der Waals surface area contributed by atoms with Crippen LogP contribution in [-0.2, 0) is 0 Å². The Morgan fingerprint density at radius 3 is 1.57 bits per heavy atom. The highest BCUT2D eigenvalue weighted by molar-refractivity contribution is 9.10. The largest absolute Gasteiger partial charge is 0.269 e. The van der Waals surface area contributed by atoms with E-state index in [4.69, 9.17) is 0 Å². The van der Waals surface area contributed by atoms with E-state index in [-0.39, 0.29) is 21.6 Å². The number of alkyl halides is 1. The quantitative estimate of drug-likeness (QED) is 0.602. The van der Waals surface area contributed by atoms with E-state index in [0.717, 1.165) is 0 Å². The maximum atomic E-state index is 12.7. The molecule has 4 heteroatoms. The Hall–Kier alpha value is -1.16. The molecule has 1 aromatic carbocycles. The fourth-order valence-corrected chi connectivity index (χ4v) is 3.19. The summed E-state index contributed by atoms with van der Waals surface area (Å²) < 4.78 is -0.237. The molecule has 2 rings (SSSR count). The first-order chi connectivity index (χ1) is 9.43. The van der Waals surface area contributed by atoms with E-state index in [0.29, 0.717) is 11.1 Å². The summed E-state index contributed by atoms with van der Waals surface area (Å²) in [5, 5.41) is 0. The monoisotopic (exact) mass is 351 g/mol. The van der Waals surface area contributed by atoms with Crippen molar-refractivity contribution in [3.63, 3.8) is 0 Å². The van der Waals surface area contributed by atoms with Crippen LogP contribution >= 0.6 is 15.9 Å². The third kappa shape index (κ3) is 2.15. The van der Waals surface area contributed by atoms with Gasteiger partial charge in [-0.2, -0.15) is 0 Å². The Morgan fingerprint density at radius 2 is 1.24 bits per heavy atom. The molecule has 0 aliphatic carbocycles. The van der Waals surface area contributed by atoms with Crippen LogP contribution in [0.25, 0.3) is 0 Å². The molecular weight excluding hydrogens is 330 g/mol. The number of hydrogen-bond donors (Lipinski definition) is 0. The Labute approximate surface area is 134 Å². The number of imide groups is 1. The normalized spacial score (nSPS) is 16.4. The molecule has 1 aliphatic rings. The topological polar surface area (TPSA) is 37.4 Å². The summed E-state index contributed by atoms with van der Waals surface area (Å²) in [6.45, 7) is 12.2. The maximum Gasteiger partial charge on any atom is 0.262 e. The summed E-state index contributed by atoms with van der Waals surface area (Å²) >= 11 is 3.71. The highest BCUT2D eigenvalue weighted by Gasteiger charge is 2.55. The highest BCUT2D eigenvalue weighted by atomic mass is 79.9. The van der Waals surface area contributed by atoms with Gasteiger partial charge < -0.3 is 0 Å². The number of fused-ring (bicyclic) bond motifs is 1. The van der Waals surface area contributed by atoms with Gasteiger partial charge in [0.1, 0.15) is 0 Å². The molecule has 0 N–H and O–H groups in total. The molecule has 0 saturated carbocycles. The van der Waals surface area contributed by atoms with Gasteiger partial charge in [-0.25, -0.2) is 0 Å². The first-order valence-electron chi connectivity index (χ1n) is 7.10. The van der Waals surface area contributed by atoms with Crippen LogP contribution in [0.4, 0.5) is 0 Å². The number of hydrogen-bond acceptors (Lipinski definition) is 2. The third-order valence-corrected chi connectivity index (χ3v) is 6.36. The molecule has 2 amide bonds. The van der Waals surface area contributed by atoms with Crippen molar-refractivity contribution >= 4 is 27.7 Å². The minimum Gasteiger partial charge on any atom is -0.269 e. The molecule has 114 valence electrons. The van der Waals surface area contributed by atoms with Gasteiger partial charge in [0.2, 0.25) is 0 Å². The molecule has 0 saturated heterocycles. The minimum atomic E-state index is -0.632. The van der Waals surface area contributed by atoms with E-state index >= 15 is 0 Å². The van der Waals surface area contributed by atoms with Gasteiger partial charge in [0.15, 0.2) is 0 Å². The van der Waals surface area contributed by atoms with Crippen LogP contribution in [0.1, 0.15) is 62.3 Å². The lowest BCUT2D eigenvalue weighted by Gasteiger charge is -2.52. The summed E-state index contributed by atoms with van der Waals surface area (Å²) in [6.07, 6.45) is 0. The van der Waals surface area contributed by atoms with E-state index in [9.17, 15) is 9.59 Å². The molecule has 0 bridgehead atoms. The molecule has 0 aromatic heterocycles. The molecule has 1 heterocycles. The SMILES string of the molecule is CC(C)(Br)C(C)(C)C(C)(C)N1C(=O)c2ccccc2C1=O. The van der Waals surface area contributed by atoms with E-state index in [1.165, 1.54) is 4.90 Å². The molecule has 21 heavy (non-hydrogen) atoms. The Kier molecular flexibility index (Phi) is 3.60. The summed E-state index contributed by atoms with van der Waals surface area (Å²) in [5.41, 5.74) is 0.0399. The lowest BCUT2D eigenvalue weighted by molar-refractivity contribution is 0.00840. The average molecular weight is 352 g/mol. The predicted octanol–water partition coefficient (Wildman–Crippen LogP) is 4.26. The number of rotatable bonds is 3. The molecule has 0 radical (unpaired) electrons. The highest BCUT2D eigenvalue weighted by Crippen LogP contribution is 2.50. The van der Waals surface area contributed by atoms with Gasteiger partial charge in [0, 0.05) is 9.74 Å². The summed E-state index contributed by atoms with van der Waals surface area (Å²) in [5.74, 6) is -0.407. The van der Waals surface area contributed by atoms with E-state index in [1.54, 1.807) is 24.3 Å². The smallest absolute Gasteiger partial charge is 0.262 e. The van der Waals surface area contributed by atoms with Crippen molar-refractivity contribution in [3.05, 3.63) is 35.4 Å². The second-order valence-electron chi connectivity index (χ2n) is 7.15. The number of carbonyl (C=O) groups excluding carboxylic acids is 2. The lowest BCUT2D eigenvalue weighted by atomic mass is 9.66. The van der Waals surface area contributed by atoms with E-state index in [1.807, 2.05) is 13.8 Å². The number of nitrogens with zero attached hydrogens (tertiary/aromatic N) is 1. The Balaban J connectivity index is 2.54. The maximum absolute atomic E-state index is 12.7. The zero-order chi connectivity index (χ0) is 16.2. The van der Waals surface area contributed by atoms with Crippen LogP contribution in [0.2, 0.25) is 0 Å². The van der Waals surface area contributed by atoms with Crippen LogP contribution in [0.3, 0.4) is 0 Å². The fraction of sp³-hybridized carbons (Fsp3) is 0.529. The van der Waals surface area contributed by atoms with Gasteiger partial charge >= 0.3 is 0 Å². The molecule has 0 atom stereocenters. The van der Waals surface area contributed by atoms with Crippen LogP contribution in [0.5, 0.6) is 0 Å². The van der Waals surface area contributed by atoms with Crippen molar-refractivity contribution in [2.24, 2.45) is 5.41 Å². The molecule has 0 fully saturated rings. The van der Waals surface area contributed by atoms with Gasteiger partial charge in [0.05, 0.1) is 16.7 Å². The summed E-state index contributed by atoms with van der Waals surface area (Å²) in [7, 11) is 0. The minimum absolute atomic E-state index is 0.203. The van der Waals surface area contributed by atoms with Crippen molar-refractivity contribution in [2.45, 2.75) is 51.4 Å². The van der Waals surface area contributed by atoms with Crippen molar-refractivity contribution in [1.29, 1.82) is 0 Å². The lowest BCUT2D eigenvalue weighted by Crippen LogP contribution is -2.61. The standard InChI is InChI=1S/C17H22BrNO2/c1-15(2,16(3,4)18)17(5,6)19-13(20)11-9-7-8-10-12(11)14(19)21/h7-10H,1-6H3. The van der Waals surface area contributed by atoms with Crippen LogP contribution in [0, 0.1) is 5.41 Å². The zero-order valence-corrected chi connectivity index (χ0v) is 15.0. The number of halogens is 1. The van der Waals surface area contributed by atoms with Crippen molar-refractivity contribution in [3.8, 4) is 0 Å². The molecule has 0 unspecified atom stereocenters.